The van der Waals surface area contributed by atoms with Crippen molar-refractivity contribution in [2.45, 2.75) is 13.3 Å². The molecule has 4 heteroatoms. The second kappa shape index (κ2) is 7.25. The van der Waals surface area contributed by atoms with Crippen LogP contribution in [-0.4, -0.2) is 15.9 Å². The molecule has 0 aliphatic heterocycles. The van der Waals surface area contributed by atoms with Crippen LogP contribution >= 0.6 is 24.0 Å². The molecule has 90 valence electrons. The molecule has 0 spiro atoms. The summed E-state index contributed by atoms with van der Waals surface area (Å²) in [6.07, 6.45) is 4.94. The molecule has 1 aromatic carbocycles. The normalized spacial score (nSPS) is 10.6. The van der Waals surface area contributed by atoms with Gasteiger partial charge in [0.25, 0.3) is 0 Å². The van der Waals surface area contributed by atoms with E-state index < -0.39 is 0 Å². The van der Waals surface area contributed by atoms with Gasteiger partial charge in [0.15, 0.2) is 5.12 Å². The molecular formula is C13H15NOS2. The van der Waals surface area contributed by atoms with Crippen molar-refractivity contribution in [1.29, 1.82) is 0 Å². The lowest BCUT2D eigenvalue weighted by Gasteiger charge is -1.99. The highest BCUT2D eigenvalue weighted by Crippen LogP contribution is 2.09. The molecule has 0 saturated heterocycles. The van der Waals surface area contributed by atoms with Gasteiger partial charge in [-0.3, -0.25) is 4.79 Å². The van der Waals surface area contributed by atoms with Crippen LogP contribution in [-0.2, 0) is 4.79 Å². The van der Waals surface area contributed by atoms with Gasteiger partial charge in [0.2, 0.25) is 0 Å². The lowest BCUT2D eigenvalue weighted by Crippen LogP contribution is -2.08. The van der Waals surface area contributed by atoms with E-state index in [9.17, 15) is 4.79 Å². The van der Waals surface area contributed by atoms with Crippen LogP contribution in [0.5, 0.6) is 0 Å². The van der Waals surface area contributed by atoms with E-state index in [-0.39, 0.29) is 5.12 Å². The van der Waals surface area contributed by atoms with Crippen molar-refractivity contribution in [3.8, 4) is 0 Å². The Kier molecular flexibility index (Phi) is 5.94. The number of allylic oxidation sites excluding steroid dienone is 1. The number of hydrogen-bond acceptors (Lipinski definition) is 3. The summed E-state index contributed by atoms with van der Waals surface area (Å²) in [5.41, 5.74) is 7.51. The van der Waals surface area contributed by atoms with E-state index >= 15 is 0 Å². The molecular weight excluding hydrogens is 250 g/mol. The molecule has 1 aromatic rings. The first-order chi connectivity index (χ1) is 8.09. The van der Waals surface area contributed by atoms with Crippen LogP contribution in [0.25, 0.3) is 6.08 Å². The molecule has 2 N–H and O–H groups in total. The molecule has 0 unspecified atom stereocenters. The summed E-state index contributed by atoms with van der Waals surface area (Å²) in [4.78, 5) is 11.1. The summed E-state index contributed by atoms with van der Waals surface area (Å²) in [6, 6.07) is 7.77. The Labute approximate surface area is 111 Å². The largest absolute Gasteiger partial charge is 0.389 e. The summed E-state index contributed by atoms with van der Waals surface area (Å²) in [6.45, 7) is 1.58. The fraction of sp³-hybridized carbons (Fsp3) is 0.231. The van der Waals surface area contributed by atoms with Gasteiger partial charge in [-0.2, -0.15) is 0 Å². The van der Waals surface area contributed by atoms with Crippen molar-refractivity contribution in [1.82, 2.24) is 0 Å². The van der Waals surface area contributed by atoms with Crippen molar-refractivity contribution in [3.05, 3.63) is 41.5 Å². The molecule has 1 rings (SSSR count). The van der Waals surface area contributed by atoms with Crippen molar-refractivity contribution < 1.29 is 4.79 Å². The lowest BCUT2D eigenvalue weighted by molar-refractivity contribution is -0.109. The quantitative estimate of drug-likeness (QED) is 0.656. The topological polar surface area (TPSA) is 43.1 Å². The van der Waals surface area contributed by atoms with Crippen LogP contribution in [0.4, 0.5) is 0 Å². The lowest BCUT2D eigenvalue weighted by atomic mass is 10.1. The van der Waals surface area contributed by atoms with Gasteiger partial charge in [-0.15, -0.1) is 0 Å². The minimum Gasteiger partial charge on any atom is -0.389 e. The molecule has 0 heterocycles. The highest BCUT2D eigenvalue weighted by molar-refractivity contribution is 8.13. The number of thioether (sulfide) groups is 1. The molecule has 17 heavy (non-hydrogen) atoms. The average Bonchev–Trinajstić information content (AvgIpc) is 2.28. The van der Waals surface area contributed by atoms with Crippen LogP contribution in [0.1, 0.15) is 24.5 Å². The predicted molar refractivity (Wildman–Crippen MR) is 79.1 cm³/mol. The monoisotopic (exact) mass is 265 g/mol. The maximum atomic E-state index is 10.7. The molecule has 0 aromatic heterocycles. The van der Waals surface area contributed by atoms with E-state index in [4.69, 9.17) is 18.0 Å². The Hall–Kier alpha value is -1.13. The number of thiocarbonyl (C=S) groups is 1. The van der Waals surface area contributed by atoms with Gasteiger partial charge in [0.05, 0.1) is 0 Å². The van der Waals surface area contributed by atoms with E-state index in [1.54, 1.807) is 6.92 Å². The molecule has 0 atom stereocenters. The van der Waals surface area contributed by atoms with Crippen molar-refractivity contribution in [2.75, 3.05) is 5.75 Å². The number of carbonyl (C=O) groups is 1. The van der Waals surface area contributed by atoms with Crippen LogP contribution in [0.2, 0.25) is 0 Å². The maximum Gasteiger partial charge on any atom is 0.185 e. The highest BCUT2D eigenvalue weighted by Gasteiger charge is 1.95. The molecule has 0 fully saturated rings. The van der Waals surface area contributed by atoms with E-state index in [1.807, 2.05) is 30.3 Å². The standard InChI is InChI=1S/C13H15NOS2/c1-10(15)17-8-3-2-5-11-6-4-7-12(9-11)13(14)16/h2,4-7,9H,3,8H2,1H3,(H2,14,16). The first-order valence-electron chi connectivity index (χ1n) is 5.29. The minimum atomic E-state index is 0.161. The van der Waals surface area contributed by atoms with Crippen molar-refractivity contribution in [2.24, 2.45) is 5.73 Å². The summed E-state index contributed by atoms with van der Waals surface area (Å²) in [5.74, 6) is 0.820. The van der Waals surface area contributed by atoms with Gasteiger partial charge in [-0.25, -0.2) is 0 Å². The van der Waals surface area contributed by atoms with E-state index in [1.165, 1.54) is 11.8 Å². The van der Waals surface area contributed by atoms with Crippen LogP contribution in [0, 0.1) is 0 Å². The summed E-state index contributed by atoms with van der Waals surface area (Å²) < 4.78 is 0. The molecule has 0 amide bonds. The Morgan fingerprint density at radius 3 is 2.94 bits per heavy atom. The Balaban J connectivity index is 2.50. The zero-order valence-corrected chi connectivity index (χ0v) is 11.3. The van der Waals surface area contributed by atoms with E-state index in [0.717, 1.165) is 23.3 Å². The summed E-state index contributed by atoms with van der Waals surface area (Å²) in [7, 11) is 0. The predicted octanol–water partition coefficient (Wildman–Crippen LogP) is 3.00. The fourth-order valence-corrected chi connectivity index (χ4v) is 1.95. The third-order valence-electron chi connectivity index (χ3n) is 2.07. The van der Waals surface area contributed by atoms with E-state index in [2.05, 4.69) is 6.08 Å². The number of benzene rings is 1. The van der Waals surface area contributed by atoms with Crippen molar-refractivity contribution >= 4 is 40.2 Å². The SMILES string of the molecule is CC(=O)SCCC=Cc1cccc(C(N)=S)c1. The maximum absolute atomic E-state index is 10.7. The van der Waals surface area contributed by atoms with Crippen LogP contribution in [0.3, 0.4) is 0 Å². The number of carbonyl (C=O) groups excluding carboxylic acids is 1. The Morgan fingerprint density at radius 2 is 2.29 bits per heavy atom. The van der Waals surface area contributed by atoms with Crippen molar-refractivity contribution in [3.63, 3.8) is 0 Å². The Bertz CT molecular complexity index is 441. The zero-order valence-electron chi connectivity index (χ0n) is 9.68. The summed E-state index contributed by atoms with van der Waals surface area (Å²) >= 11 is 6.26. The molecule has 0 saturated carbocycles. The van der Waals surface area contributed by atoms with Gasteiger partial charge >= 0.3 is 0 Å². The van der Waals surface area contributed by atoms with Crippen LogP contribution in [0.15, 0.2) is 30.3 Å². The first-order valence-corrected chi connectivity index (χ1v) is 6.69. The molecule has 2 nitrogen and oxygen atoms in total. The fourth-order valence-electron chi connectivity index (χ4n) is 1.29. The van der Waals surface area contributed by atoms with Gasteiger partial charge in [0.1, 0.15) is 4.99 Å². The van der Waals surface area contributed by atoms with Crippen LogP contribution < -0.4 is 5.73 Å². The summed E-state index contributed by atoms with van der Waals surface area (Å²) in [5, 5.41) is 0.161. The number of nitrogens with two attached hydrogens (primary N) is 1. The second-order valence-corrected chi connectivity index (χ2v) is 5.23. The highest BCUT2D eigenvalue weighted by atomic mass is 32.2. The minimum absolute atomic E-state index is 0.161. The van der Waals surface area contributed by atoms with Gasteiger partial charge in [0, 0.05) is 18.2 Å². The van der Waals surface area contributed by atoms with Gasteiger partial charge in [-0.05, 0) is 18.1 Å². The third-order valence-corrected chi connectivity index (χ3v) is 3.15. The van der Waals surface area contributed by atoms with Gasteiger partial charge in [-0.1, -0.05) is 54.3 Å². The second-order valence-electron chi connectivity index (χ2n) is 3.52. The first kappa shape index (κ1) is 13.9. The molecule has 0 radical (unpaired) electrons. The Morgan fingerprint density at radius 1 is 1.53 bits per heavy atom. The third kappa shape index (κ3) is 5.65. The molecule has 0 aliphatic carbocycles. The molecule has 0 aliphatic rings. The molecule has 0 bridgehead atoms. The average molecular weight is 265 g/mol. The number of rotatable bonds is 5. The smallest absolute Gasteiger partial charge is 0.185 e. The van der Waals surface area contributed by atoms with E-state index in [0.29, 0.717) is 4.99 Å². The number of hydrogen-bond donors (Lipinski definition) is 1. The zero-order chi connectivity index (χ0) is 12.7. The van der Waals surface area contributed by atoms with Gasteiger partial charge < -0.3 is 5.73 Å².